The number of carbonyl (C=O) groups excluding carboxylic acids is 1. The van der Waals surface area contributed by atoms with Crippen LogP contribution in [0.4, 0.5) is 0 Å². The van der Waals surface area contributed by atoms with Crippen LogP contribution in [0.1, 0.15) is 60.4 Å². The fourth-order valence-electron chi connectivity index (χ4n) is 5.06. The highest BCUT2D eigenvalue weighted by molar-refractivity contribution is 5.94. The van der Waals surface area contributed by atoms with Crippen molar-refractivity contribution in [3.63, 3.8) is 0 Å². The summed E-state index contributed by atoms with van der Waals surface area (Å²) in [6.07, 6.45) is 8.97. The summed E-state index contributed by atoms with van der Waals surface area (Å²) in [6.45, 7) is 14.3. The lowest BCUT2D eigenvalue weighted by atomic mass is 9.68. The SMILES string of the molecule is C=CC1=C(/C=C(\C)CC(=C)NC)CCc2cc(C(=O)NC)ccc2C1(CCNCC)c1ncn[nH]1. The summed E-state index contributed by atoms with van der Waals surface area (Å²) in [5, 5.41) is 16.8. The average molecular weight is 475 g/mol. The zero-order valence-electron chi connectivity index (χ0n) is 21.4. The van der Waals surface area contributed by atoms with E-state index >= 15 is 0 Å². The van der Waals surface area contributed by atoms with E-state index in [-0.39, 0.29) is 5.91 Å². The largest absolute Gasteiger partial charge is 0.392 e. The molecule has 1 unspecified atom stereocenters. The molecule has 1 amide bonds. The van der Waals surface area contributed by atoms with Crippen LogP contribution in [0, 0.1) is 0 Å². The van der Waals surface area contributed by atoms with Crippen LogP contribution in [0.25, 0.3) is 0 Å². The fraction of sp³-hybridized carbons (Fsp3) is 0.393. The molecule has 1 aliphatic rings. The third kappa shape index (κ3) is 5.46. The van der Waals surface area contributed by atoms with Gasteiger partial charge in [0.15, 0.2) is 0 Å². The molecule has 0 spiro atoms. The highest BCUT2D eigenvalue weighted by Crippen LogP contribution is 2.47. The molecule has 1 heterocycles. The maximum Gasteiger partial charge on any atom is 0.251 e. The number of hydrogen-bond donors (Lipinski definition) is 4. The fourth-order valence-corrected chi connectivity index (χ4v) is 5.06. The van der Waals surface area contributed by atoms with Crippen molar-refractivity contribution < 1.29 is 4.79 Å². The van der Waals surface area contributed by atoms with Gasteiger partial charge in [0.1, 0.15) is 12.2 Å². The minimum Gasteiger partial charge on any atom is -0.392 e. The van der Waals surface area contributed by atoms with Gasteiger partial charge in [-0.15, -0.1) is 0 Å². The van der Waals surface area contributed by atoms with Crippen LogP contribution in [-0.2, 0) is 11.8 Å². The van der Waals surface area contributed by atoms with Crippen LogP contribution in [0.2, 0.25) is 0 Å². The van der Waals surface area contributed by atoms with E-state index in [0.717, 1.165) is 67.0 Å². The molecule has 1 aromatic heterocycles. The number of nitrogens with zero attached hydrogens (tertiary/aromatic N) is 2. The summed E-state index contributed by atoms with van der Waals surface area (Å²) in [5.74, 6) is 0.692. The average Bonchev–Trinajstić information content (AvgIpc) is 3.37. The van der Waals surface area contributed by atoms with Crippen LogP contribution in [0.5, 0.6) is 0 Å². The van der Waals surface area contributed by atoms with Crippen LogP contribution in [0.3, 0.4) is 0 Å². The van der Waals surface area contributed by atoms with Crippen molar-refractivity contribution in [3.8, 4) is 0 Å². The first-order valence-electron chi connectivity index (χ1n) is 12.2. The van der Waals surface area contributed by atoms with Gasteiger partial charge in [-0.2, -0.15) is 5.10 Å². The number of fused-ring (bicyclic) bond motifs is 1. The van der Waals surface area contributed by atoms with Gasteiger partial charge in [0.25, 0.3) is 5.91 Å². The molecule has 0 saturated carbocycles. The minimum absolute atomic E-state index is 0.0894. The molecule has 0 radical (unpaired) electrons. The lowest BCUT2D eigenvalue weighted by Gasteiger charge is -2.35. The summed E-state index contributed by atoms with van der Waals surface area (Å²) in [5.41, 5.74) is 6.87. The molecule has 1 atom stereocenters. The van der Waals surface area contributed by atoms with Crippen molar-refractivity contribution in [2.75, 3.05) is 27.2 Å². The third-order valence-electron chi connectivity index (χ3n) is 6.74. The third-order valence-corrected chi connectivity index (χ3v) is 6.74. The van der Waals surface area contributed by atoms with Crippen molar-refractivity contribution in [1.82, 2.24) is 31.1 Å². The molecule has 7 heteroatoms. The Labute approximate surface area is 208 Å². The predicted molar refractivity (Wildman–Crippen MR) is 142 cm³/mol. The molecule has 0 bridgehead atoms. The number of rotatable bonds is 11. The number of aromatic nitrogens is 3. The standard InChI is InChI=1S/C28H38N6O/c1-7-24-21(16-19(3)15-20(4)29-5)9-10-22-17-23(26(35)30-6)11-12-25(22)28(24,13-14-31-8-2)27-32-18-33-34-27/h7,11-12,16-18,29,31H,1,4,8-10,13-15H2,2-3,5-6H3,(H,30,35)(H,32,33,34)/b19-16+. The number of benzene rings is 1. The van der Waals surface area contributed by atoms with Gasteiger partial charge < -0.3 is 16.0 Å². The van der Waals surface area contributed by atoms with E-state index in [4.69, 9.17) is 0 Å². The maximum atomic E-state index is 12.4. The number of nitrogens with one attached hydrogen (secondary N) is 4. The Kier molecular flexibility index (Phi) is 8.82. The monoisotopic (exact) mass is 474 g/mol. The second-order valence-electron chi connectivity index (χ2n) is 8.96. The number of H-pyrrole nitrogens is 1. The van der Waals surface area contributed by atoms with Gasteiger partial charge in [-0.05, 0) is 73.7 Å². The van der Waals surface area contributed by atoms with Crippen LogP contribution in [0.15, 0.2) is 72.3 Å². The lowest BCUT2D eigenvalue weighted by molar-refractivity contribution is 0.0963. The Balaban J connectivity index is 2.30. The van der Waals surface area contributed by atoms with Gasteiger partial charge in [0, 0.05) is 31.8 Å². The van der Waals surface area contributed by atoms with Crippen molar-refractivity contribution in [2.45, 2.75) is 44.9 Å². The topological polar surface area (TPSA) is 94.7 Å². The Morgan fingerprint density at radius 3 is 2.69 bits per heavy atom. The molecular formula is C28H38N6O. The molecule has 0 fully saturated rings. The summed E-state index contributed by atoms with van der Waals surface area (Å²) in [7, 11) is 3.55. The summed E-state index contributed by atoms with van der Waals surface area (Å²) in [6, 6.07) is 6.01. The molecule has 1 aromatic carbocycles. The van der Waals surface area contributed by atoms with Gasteiger partial charge in [-0.25, -0.2) is 4.98 Å². The number of carbonyl (C=O) groups is 1. The van der Waals surface area contributed by atoms with Crippen LogP contribution in [-0.4, -0.2) is 48.3 Å². The van der Waals surface area contributed by atoms with Crippen molar-refractivity contribution >= 4 is 5.91 Å². The highest BCUT2D eigenvalue weighted by Gasteiger charge is 2.43. The molecule has 4 N–H and O–H groups in total. The van der Waals surface area contributed by atoms with E-state index in [1.807, 2.05) is 25.3 Å². The van der Waals surface area contributed by atoms with E-state index in [9.17, 15) is 4.79 Å². The van der Waals surface area contributed by atoms with Gasteiger partial charge in [-0.1, -0.05) is 43.9 Å². The van der Waals surface area contributed by atoms with Crippen molar-refractivity contribution in [1.29, 1.82) is 0 Å². The molecule has 0 aliphatic heterocycles. The first kappa shape index (κ1) is 26.2. The van der Waals surface area contributed by atoms with E-state index in [1.54, 1.807) is 13.4 Å². The predicted octanol–water partition coefficient (Wildman–Crippen LogP) is 3.95. The van der Waals surface area contributed by atoms with E-state index in [0.29, 0.717) is 5.56 Å². The molecule has 7 nitrogen and oxygen atoms in total. The van der Waals surface area contributed by atoms with Gasteiger partial charge >= 0.3 is 0 Å². The number of hydrogen-bond acceptors (Lipinski definition) is 5. The second-order valence-corrected chi connectivity index (χ2v) is 8.96. The Morgan fingerprint density at radius 1 is 1.26 bits per heavy atom. The zero-order valence-corrected chi connectivity index (χ0v) is 21.4. The van der Waals surface area contributed by atoms with E-state index < -0.39 is 5.41 Å². The first-order chi connectivity index (χ1) is 16.9. The smallest absolute Gasteiger partial charge is 0.251 e. The molecule has 1 aliphatic carbocycles. The molecular weight excluding hydrogens is 436 g/mol. The highest BCUT2D eigenvalue weighted by atomic mass is 16.1. The number of aromatic amines is 1. The maximum absolute atomic E-state index is 12.4. The molecule has 0 saturated heterocycles. The first-order valence-corrected chi connectivity index (χ1v) is 12.2. The number of aryl methyl sites for hydroxylation is 1. The lowest BCUT2D eigenvalue weighted by Crippen LogP contribution is -2.36. The van der Waals surface area contributed by atoms with Gasteiger partial charge in [0.2, 0.25) is 0 Å². The molecule has 35 heavy (non-hydrogen) atoms. The van der Waals surface area contributed by atoms with E-state index in [2.05, 4.69) is 70.3 Å². The number of allylic oxidation sites excluding steroid dienone is 5. The number of amides is 1. The zero-order chi connectivity index (χ0) is 25.4. The molecule has 186 valence electrons. The molecule has 2 aromatic rings. The molecule has 3 rings (SSSR count). The van der Waals surface area contributed by atoms with Gasteiger partial charge in [-0.3, -0.25) is 9.89 Å². The second kappa shape index (κ2) is 11.8. The summed E-state index contributed by atoms with van der Waals surface area (Å²) >= 11 is 0. The Hall–Kier alpha value is -3.45. The van der Waals surface area contributed by atoms with Crippen LogP contribution < -0.4 is 16.0 Å². The Bertz CT molecular complexity index is 1130. The minimum atomic E-state index is -0.584. The van der Waals surface area contributed by atoms with Crippen LogP contribution >= 0.6 is 0 Å². The normalized spacial score (nSPS) is 18.0. The summed E-state index contributed by atoms with van der Waals surface area (Å²) < 4.78 is 0. The van der Waals surface area contributed by atoms with Gasteiger partial charge in [0.05, 0.1) is 5.41 Å². The van der Waals surface area contributed by atoms with Crippen molar-refractivity contribution in [3.05, 3.63) is 94.8 Å². The quantitative estimate of drug-likeness (QED) is 0.370. The van der Waals surface area contributed by atoms with Crippen molar-refractivity contribution in [2.24, 2.45) is 0 Å². The van der Waals surface area contributed by atoms with E-state index in [1.165, 1.54) is 11.1 Å². The Morgan fingerprint density at radius 2 is 2.06 bits per heavy atom. The summed E-state index contributed by atoms with van der Waals surface area (Å²) in [4.78, 5) is 17.1.